The number of H-pyrrole nitrogens is 1. The van der Waals surface area contributed by atoms with Crippen LogP contribution in [0.2, 0.25) is 0 Å². The van der Waals surface area contributed by atoms with Crippen LogP contribution in [0.3, 0.4) is 0 Å². The summed E-state index contributed by atoms with van der Waals surface area (Å²) in [6.07, 6.45) is 0. The molecule has 0 atom stereocenters. The van der Waals surface area contributed by atoms with Crippen LogP contribution in [0.1, 0.15) is 16.1 Å². The van der Waals surface area contributed by atoms with Crippen molar-refractivity contribution in [2.24, 2.45) is 0 Å². The first kappa shape index (κ1) is 11.3. The van der Waals surface area contributed by atoms with Crippen molar-refractivity contribution in [1.29, 1.82) is 0 Å². The smallest absolute Gasteiger partial charge is 0.337 e. The molecule has 0 unspecified atom stereocenters. The van der Waals surface area contributed by atoms with Gasteiger partial charge in [-0.2, -0.15) is 0 Å². The zero-order valence-electron chi connectivity index (χ0n) is 8.92. The highest BCUT2D eigenvalue weighted by atomic mass is 19.1. The number of halogens is 2. The molecule has 2 N–H and O–H groups in total. The van der Waals surface area contributed by atoms with E-state index in [0.717, 1.165) is 12.1 Å². The molecule has 0 amide bonds. The quantitative estimate of drug-likeness (QED) is 0.843. The Morgan fingerprint density at radius 3 is 2.53 bits per heavy atom. The summed E-state index contributed by atoms with van der Waals surface area (Å²) in [6, 6.07) is 4.47. The minimum absolute atomic E-state index is 0.0729. The van der Waals surface area contributed by atoms with Gasteiger partial charge in [-0.15, -0.1) is 0 Å². The van der Waals surface area contributed by atoms with Crippen molar-refractivity contribution in [3.8, 4) is 11.3 Å². The molecule has 0 aliphatic carbocycles. The second-order valence-electron chi connectivity index (χ2n) is 3.65. The number of hydrogen-bond donors (Lipinski definition) is 2. The largest absolute Gasteiger partial charge is 0.478 e. The van der Waals surface area contributed by atoms with Crippen LogP contribution in [0.15, 0.2) is 24.3 Å². The number of benzene rings is 1. The van der Waals surface area contributed by atoms with Crippen molar-refractivity contribution >= 4 is 5.97 Å². The average molecular weight is 237 g/mol. The number of nitrogens with one attached hydrogen (secondary N) is 1. The molecule has 5 heteroatoms. The molecule has 1 aromatic carbocycles. The minimum Gasteiger partial charge on any atom is -0.478 e. The van der Waals surface area contributed by atoms with Crippen LogP contribution in [-0.4, -0.2) is 16.1 Å². The van der Waals surface area contributed by atoms with Crippen molar-refractivity contribution in [3.63, 3.8) is 0 Å². The van der Waals surface area contributed by atoms with E-state index in [2.05, 4.69) is 4.98 Å². The summed E-state index contributed by atoms with van der Waals surface area (Å²) in [5.74, 6) is -2.50. The van der Waals surface area contributed by atoms with Crippen molar-refractivity contribution < 1.29 is 18.7 Å². The Hall–Kier alpha value is -2.17. The molecule has 3 nitrogen and oxygen atoms in total. The van der Waals surface area contributed by atoms with Gasteiger partial charge in [-0.3, -0.25) is 0 Å². The lowest BCUT2D eigenvalue weighted by Crippen LogP contribution is -1.95. The summed E-state index contributed by atoms with van der Waals surface area (Å²) in [6.45, 7) is 1.58. The molecule has 0 aliphatic heterocycles. The van der Waals surface area contributed by atoms with Gasteiger partial charge in [0.1, 0.15) is 11.6 Å². The Kier molecular flexibility index (Phi) is 2.67. The van der Waals surface area contributed by atoms with Crippen LogP contribution in [0.4, 0.5) is 8.78 Å². The fraction of sp³-hybridized carbons (Fsp3) is 0.0833. The molecule has 17 heavy (non-hydrogen) atoms. The number of hydrogen-bond acceptors (Lipinski definition) is 1. The number of aromatic carboxylic acids is 1. The zero-order valence-corrected chi connectivity index (χ0v) is 8.92. The molecule has 1 heterocycles. The number of aromatic nitrogens is 1. The maximum Gasteiger partial charge on any atom is 0.337 e. The van der Waals surface area contributed by atoms with Gasteiger partial charge in [-0.1, -0.05) is 0 Å². The topological polar surface area (TPSA) is 53.1 Å². The average Bonchev–Trinajstić information content (AvgIpc) is 2.60. The summed E-state index contributed by atoms with van der Waals surface area (Å²) < 4.78 is 26.2. The number of aryl methyl sites for hydroxylation is 1. The Morgan fingerprint density at radius 1 is 1.29 bits per heavy atom. The Morgan fingerprint density at radius 2 is 2.00 bits per heavy atom. The monoisotopic (exact) mass is 237 g/mol. The van der Waals surface area contributed by atoms with Crippen LogP contribution in [0.25, 0.3) is 11.3 Å². The Balaban J connectivity index is 2.53. The van der Waals surface area contributed by atoms with Crippen LogP contribution < -0.4 is 0 Å². The first-order valence-electron chi connectivity index (χ1n) is 4.87. The molecular weight excluding hydrogens is 228 g/mol. The highest BCUT2D eigenvalue weighted by Gasteiger charge is 2.14. The number of aromatic amines is 1. The molecule has 0 saturated heterocycles. The number of rotatable bonds is 2. The molecule has 1 aromatic heterocycles. The van der Waals surface area contributed by atoms with Crippen molar-refractivity contribution in [1.82, 2.24) is 4.98 Å². The molecule has 0 saturated carbocycles. The van der Waals surface area contributed by atoms with Gasteiger partial charge in [0.25, 0.3) is 0 Å². The third-order valence-electron chi connectivity index (χ3n) is 2.47. The van der Waals surface area contributed by atoms with Gasteiger partial charge in [0.05, 0.1) is 5.56 Å². The molecule has 0 aliphatic rings. The second kappa shape index (κ2) is 4.01. The lowest BCUT2D eigenvalue weighted by molar-refractivity contribution is 0.0696. The first-order chi connectivity index (χ1) is 7.99. The molecule has 0 radical (unpaired) electrons. The van der Waals surface area contributed by atoms with Gasteiger partial charge < -0.3 is 10.1 Å². The van der Waals surface area contributed by atoms with Crippen LogP contribution in [0, 0.1) is 18.6 Å². The van der Waals surface area contributed by atoms with E-state index in [9.17, 15) is 13.6 Å². The summed E-state index contributed by atoms with van der Waals surface area (Å²) in [5, 5.41) is 8.87. The van der Waals surface area contributed by atoms with E-state index >= 15 is 0 Å². The summed E-state index contributed by atoms with van der Waals surface area (Å²) in [5.41, 5.74) is 0.958. The van der Waals surface area contributed by atoms with Gasteiger partial charge in [-0.05, 0) is 25.1 Å². The van der Waals surface area contributed by atoms with E-state index in [-0.39, 0.29) is 11.1 Å². The van der Waals surface area contributed by atoms with Crippen molar-refractivity contribution in [2.45, 2.75) is 6.92 Å². The van der Waals surface area contributed by atoms with Gasteiger partial charge >= 0.3 is 5.97 Å². The summed E-state index contributed by atoms with van der Waals surface area (Å²) in [7, 11) is 0. The van der Waals surface area contributed by atoms with Gasteiger partial charge in [0, 0.05) is 23.0 Å². The van der Waals surface area contributed by atoms with Crippen LogP contribution >= 0.6 is 0 Å². The molecule has 0 fully saturated rings. The molecular formula is C12H9F2NO2. The van der Waals surface area contributed by atoms with Crippen LogP contribution in [0.5, 0.6) is 0 Å². The van der Waals surface area contributed by atoms with E-state index in [1.165, 1.54) is 12.1 Å². The molecule has 2 aromatic rings. The van der Waals surface area contributed by atoms with E-state index in [1.807, 2.05) is 0 Å². The molecule has 0 bridgehead atoms. The molecule has 2 rings (SSSR count). The zero-order chi connectivity index (χ0) is 12.6. The summed E-state index contributed by atoms with van der Waals surface area (Å²) in [4.78, 5) is 13.6. The third-order valence-corrected chi connectivity index (χ3v) is 2.47. The van der Waals surface area contributed by atoms with E-state index in [1.54, 1.807) is 6.92 Å². The van der Waals surface area contributed by atoms with E-state index in [4.69, 9.17) is 5.11 Å². The minimum atomic E-state index is -1.09. The Bertz CT molecular complexity index is 590. The number of carboxylic acid groups (broad SMARTS) is 1. The first-order valence-corrected chi connectivity index (χ1v) is 4.87. The van der Waals surface area contributed by atoms with Crippen LogP contribution in [-0.2, 0) is 0 Å². The standard InChI is InChI=1S/C12H9F2NO2/c1-6-9(12(16)17)5-11(15-6)8-3-2-7(13)4-10(8)14/h2-5,15H,1H3,(H,16,17). The Labute approximate surface area is 95.7 Å². The predicted octanol–water partition coefficient (Wildman–Crippen LogP) is 2.97. The van der Waals surface area contributed by atoms with Gasteiger partial charge in [0.15, 0.2) is 0 Å². The lowest BCUT2D eigenvalue weighted by atomic mass is 10.1. The van der Waals surface area contributed by atoms with E-state index < -0.39 is 17.6 Å². The highest BCUT2D eigenvalue weighted by Crippen LogP contribution is 2.24. The molecule has 88 valence electrons. The number of carbonyl (C=O) groups is 1. The number of carboxylic acids is 1. The fourth-order valence-corrected chi connectivity index (χ4v) is 1.63. The van der Waals surface area contributed by atoms with E-state index in [0.29, 0.717) is 11.4 Å². The van der Waals surface area contributed by atoms with Crippen molar-refractivity contribution in [2.75, 3.05) is 0 Å². The van der Waals surface area contributed by atoms with Crippen molar-refractivity contribution in [3.05, 3.63) is 47.2 Å². The van der Waals surface area contributed by atoms with Gasteiger partial charge in [0.2, 0.25) is 0 Å². The fourth-order valence-electron chi connectivity index (χ4n) is 1.63. The lowest BCUT2D eigenvalue weighted by Gasteiger charge is -1.99. The highest BCUT2D eigenvalue weighted by molar-refractivity contribution is 5.90. The predicted molar refractivity (Wildman–Crippen MR) is 57.8 cm³/mol. The molecule has 0 spiro atoms. The maximum atomic E-state index is 13.5. The second-order valence-corrected chi connectivity index (χ2v) is 3.65. The third kappa shape index (κ3) is 2.04. The summed E-state index contributed by atoms with van der Waals surface area (Å²) >= 11 is 0. The SMILES string of the molecule is Cc1[nH]c(-c2ccc(F)cc2F)cc1C(=O)O. The normalized spacial score (nSPS) is 10.5. The maximum absolute atomic E-state index is 13.5. The van der Waals surface area contributed by atoms with Gasteiger partial charge in [-0.25, -0.2) is 13.6 Å².